The summed E-state index contributed by atoms with van der Waals surface area (Å²) in [4.78, 5) is 12.5. The largest absolute Gasteiger partial charge is 0.494 e. The van der Waals surface area contributed by atoms with Gasteiger partial charge in [-0.1, -0.05) is 75.9 Å². The topological polar surface area (TPSA) is 26.3 Å². The monoisotopic (exact) mass is 378 g/mol. The quantitative estimate of drug-likeness (QED) is 0.432. The van der Waals surface area contributed by atoms with Gasteiger partial charge in [0, 0.05) is 12.3 Å². The lowest BCUT2D eigenvalue weighted by molar-refractivity contribution is -0.123. The van der Waals surface area contributed by atoms with E-state index in [2.05, 4.69) is 62.4 Å². The lowest BCUT2D eigenvalue weighted by Gasteiger charge is -2.27. The molecule has 0 bridgehead atoms. The SMILES string of the molecule is CCCCCCOc1ccc(-c2ccc([C@@H]3CC[C@@H](CC)CC3=O)cc2)cc1. The van der Waals surface area contributed by atoms with Gasteiger partial charge in [-0.25, -0.2) is 0 Å². The van der Waals surface area contributed by atoms with Crippen molar-refractivity contribution < 1.29 is 9.53 Å². The van der Waals surface area contributed by atoms with Crippen LogP contribution in [-0.2, 0) is 4.79 Å². The third-order valence-corrected chi connectivity index (χ3v) is 6.09. The first-order valence-electron chi connectivity index (χ1n) is 11.1. The zero-order chi connectivity index (χ0) is 19.8. The third-order valence-electron chi connectivity index (χ3n) is 6.09. The average molecular weight is 379 g/mol. The van der Waals surface area contributed by atoms with Gasteiger partial charge in [0.15, 0.2) is 0 Å². The summed E-state index contributed by atoms with van der Waals surface area (Å²) in [7, 11) is 0. The van der Waals surface area contributed by atoms with Crippen LogP contribution in [0.25, 0.3) is 11.1 Å². The molecule has 0 radical (unpaired) electrons. The van der Waals surface area contributed by atoms with Gasteiger partial charge in [-0.05, 0) is 54.0 Å². The number of rotatable bonds is 9. The van der Waals surface area contributed by atoms with Crippen LogP contribution < -0.4 is 4.74 Å². The van der Waals surface area contributed by atoms with Gasteiger partial charge < -0.3 is 4.74 Å². The molecule has 2 nitrogen and oxygen atoms in total. The molecule has 2 aromatic rings. The molecule has 3 rings (SSSR count). The predicted molar refractivity (Wildman–Crippen MR) is 117 cm³/mol. The number of unbranched alkanes of at least 4 members (excludes halogenated alkanes) is 3. The van der Waals surface area contributed by atoms with Crippen molar-refractivity contribution in [1.82, 2.24) is 0 Å². The van der Waals surface area contributed by atoms with Crippen LogP contribution in [0.4, 0.5) is 0 Å². The molecule has 2 heteroatoms. The first-order chi connectivity index (χ1) is 13.7. The molecule has 0 heterocycles. The lowest BCUT2D eigenvalue weighted by atomic mass is 9.77. The Morgan fingerprint density at radius 3 is 2.14 bits per heavy atom. The first kappa shape index (κ1) is 20.6. The molecular formula is C26H34O2. The van der Waals surface area contributed by atoms with Crippen LogP contribution in [0.1, 0.15) is 76.7 Å². The maximum absolute atomic E-state index is 12.5. The van der Waals surface area contributed by atoms with Crippen LogP contribution in [0.3, 0.4) is 0 Å². The van der Waals surface area contributed by atoms with E-state index < -0.39 is 0 Å². The van der Waals surface area contributed by atoms with Crippen molar-refractivity contribution in [3.8, 4) is 16.9 Å². The van der Waals surface area contributed by atoms with E-state index >= 15 is 0 Å². The van der Waals surface area contributed by atoms with Gasteiger partial charge in [0.2, 0.25) is 0 Å². The Bertz CT molecular complexity index is 730. The number of ether oxygens (including phenoxy) is 1. The molecule has 1 aliphatic rings. The van der Waals surface area contributed by atoms with Crippen molar-refractivity contribution in [2.45, 2.75) is 71.1 Å². The van der Waals surface area contributed by atoms with Crippen molar-refractivity contribution in [3.63, 3.8) is 0 Å². The van der Waals surface area contributed by atoms with Gasteiger partial charge >= 0.3 is 0 Å². The van der Waals surface area contributed by atoms with Crippen molar-refractivity contribution in [1.29, 1.82) is 0 Å². The summed E-state index contributed by atoms with van der Waals surface area (Å²) in [6, 6.07) is 16.9. The van der Waals surface area contributed by atoms with E-state index in [0.29, 0.717) is 11.7 Å². The molecule has 1 aliphatic carbocycles. The zero-order valence-corrected chi connectivity index (χ0v) is 17.5. The Morgan fingerprint density at radius 2 is 1.54 bits per heavy atom. The molecule has 2 aromatic carbocycles. The van der Waals surface area contributed by atoms with Gasteiger partial charge in [0.1, 0.15) is 11.5 Å². The molecule has 0 saturated heterocycles. The van der Waals surface area contributed by atoms with Gasteiger partial charge in [0.25, 0.3) is 0 Å². The van der Waals surface area contributed by atoms with Crippen LogP contribution >= 0.6 is 0 Å². The summed E-state index contributed by atoms with van der Waals surface area (Å²) in [6.07, 6.45) is 8.94. The number of ketones is 1. The maximum atomic E-state index is 12.5. The van der Waals surface area contributed by atoms with E-state index in [1.165, 1.54) is 42.4 Å². The predicted octanol–water partition coefficient (Wildman–Crippen LogP) is 7.18. The highest BCUT2D eigenvalue weighted by molar-refractivity contribution is 5.86. The minimum absolute atomic E-state index is 0.0975. The molecular weight excluding hydrogens is 344 g/mol. The Morgan fingerprint density at radius 1 is 0.857 bits per heavy atom. The summed E-state index contributed by atoms with van der Waals surface area (Å²) in [5.74, 6) is 2.05. The first-order valence-corrected chi connectivity index (χ1v) is 11.1. The van der Waals surface area contributed by atoms with Crippen LogP contribution in [0.5, 0.6) is 5.75 Å². The molecule has 0 unspecified atom stereocenters. The normalized spacial score (nSPS) is 19.6. The fourth-order valence-electron chi connectivity index (χ4n) is 4.16. The van der Waals surface area contributed by atoms with E-state index in [9.17, 15) is 4.79 Å². The van der Waals surface area contributed by atoms with Crippen molar-refractivity contribution in [2.24, 2.45) is 5.92 Å². The molecule has 0 spiro atoms. The number of carbonyl (C=O) groups is 1. The molecule has 2 atom stereocenters. The van der Waals surface area contributed by atoms with E-state index in [1.807, 2.05) is 0 Å². The Hall–Kier alpha value is -2.09. The highest BCUT2D eigenvalue weighted by Crippen LogP contribution is 2.35. The Labute approximate surface area is 170 Å². The van der Waals surface area contributed by atoms with Crippen LogP contribution in [-0.4, -0.2) is 12.4 Å². The van der Waals surface area contributed by atoms with Crippen LogP contribution in [0, 0.1) is 5.92 Å². The molecule has 0 N–H and O–H groups in total. The minimum Gasteiger partial charge on any atom is -0.494 e. The van der Waals surface area contributed by atoms with Gasteiger partial charge in [-0.2, -0.15) is 0 Å². The number of hydrogen-bond acceptors (Lipinski definition) is 2. The second-order valence-corrected chi connectivity index (χ2v) is 8.13. The molecule has 1 fully saturated rings. The molecule has 150 valence electrons. The molecule has 0 aromatic heterocycles. The summed E-state index contributed by atoms with van der Waals surface area (Å²) in [5, 5.41) is 0. The molecule has 1 saturated carbocycles. The van der Waals surface area contributed by atoms with Gasteiger partial charge in [-0.3, -0.25) is 4.79 Å². The number of carbonyl (C=O) groups excluding carboxylic acids is 1. The summed E-state index contributed by atoms with van der Waals surface area (Å²) >= 11 is 0. The summed E-state index contributed by atoms with van der Waals surface area (Å²) in [5.41, 5.74) is 3.55. The van der Waals surface area contributed by atoms with Crippen LogP contribution in [0.2, 0.25) is 0 Å². The Kier molecular flexibility index (Phi) is 7.71. The highest BCUT2D eigenvalue weighted by atomic mass is 16.5. The fraction of sp³-hybridized carbons (Fsp3) is 0.500. The molecule has 28 heavy (non-hydrogen) atoms. The average Bonchev–Trinajstić information content (AvgIpc) is 2.74. The maximum Gasteiger partial charge on any atom is 0.140 e. The van der Waals surface area contributed by atoms with E-state index in [1.54, 1.807) is 0 Å². The van der Waals surface area contributed by atoms with Gasteiger partial charge in [-0.15, -0.1) is 0 Å². The fourth-order valence-corrected chi connectivity index (χ4v) is 4.16. The van der Waals surface area contributed by atoms with Crippen molar-refractivity contribution in [2.75, 3.05) is 6.61 Å². The Balaban J connectivity index is 1.57. The second-order valence-electron chi connectivity index (χ2n) is 8.13. The van der Waals surface area contributed by atoms with E-state index in [4.69, 9.17) is 4.74 Å². The molecule has 0 aliphatic heterocycles. The third kappa shape index (κ3) is 5.47. The van der Waals surface area contributed by atoms with Crippen molar-refractivity contribution in [3.05, 3.63) is 54.1 Å². The number of hydrogen-bond donors (Lipinski definition) is 0. The highest BCUT2D eigenvalue weighted by Gasteiger charge is 2.28. The van der Waals surface area contributed by atoms with Gasteiger partial charge in [0.05, 0.1) is 6.61 Å². The number of benzene rings is 2. The summed E-state index contributed by atoms with van der Waals surface area (Å²) < 4.78 is 5.83. The van der Waals surface area contributed by atoms with E-state index in [0.717, 1.165) is 38.0 Å². The molecule has 0 amide bonds. The minimum atomic E-state index is 0.0975. The van der Waals surface area contributed by atoms with Crippen LogP contribution in [0.15, 0.2) is 48.5 Å². The standard InChI is InChI=1S/C26H34O2/c1-3-5-6-7-18-28-24-15-13-22(14-16-24)21-9-11-23(12-10-21)25-17-8-20(4-2)19-26(25)27/h9-16,20,25H,3-8,17-19H2,1-2H3/t20-,25+/m1/s1. The zero-order valence-electron chi connectivity index (χ0n) is 17.5. The second kappa shape index (κ2) is 10.5. The summed E-state index contributed by atoms with van der Waals surface area (Å²) in [6.45, 7) is 5.21. The lowest BCUT2D eigenvalue weighted by Crippen LogP contribution is -2.23. The van der Waals surface area contributed by atoms with Crippen molar-refractivity contribution >= 4 is 5.78 Å². The number of Topliss-reactive ketones (excluding diaryl/α,β-unsaturated/α-hetero) is 1. The smallest absolute Gasteiger partial charge is 0.140 e. The van der Waals surface area contributed by atoms with E-state index in [-0.39, 0.29) is 5.92 Å².